The van der Waals surface area contributed by atoms with Crippen molar-refractivity contribution in [2.75, 3.05) is 13.2 Å². The van der Waals surface area contributed by atoms with Crippen LogP contribution in [0.4, 0.5) is 0 Å². The molecule has 1 saturated heterocycles. The van der Waals surface area contributed by atoms with E-state index in [2.05, 4.69) is 11.4 Å². The minimum atomic E-state index is -0.665. The van der Waals surface area contributed by atoms with Crippen molar-refractivity contribution >= 4 is 0 Å². The van der Waals surface area contributed by atoms with Crippen LogP contribution >= 0.6 is 0 Å². The van der Waals surface area contributed by atoms with Crippen LogP contribution in [0.1, 0.15) is 45.4 Å². The van der Waals surface area contributed by atoms with Crippen LogP contribution in [0.25, 0.3) is 0 Å². The van der Waals surface area contributed by atoms with E-state index >= 15 is 0 Å². The van der Waals surface area contributed by atoms with Gasteiger partial charge in [0.1, 0.15) is 5.41 Å². The number of nitrogens with one attached hydrogen (secondary N) is 1. The molecule has 3 unspecified atom stereocenters. The third-order valence-electron chi connectivity index (χ3n) is 4.87. The maximum Gasteiger partial charge on any atom is 0.158 e. The number of rotatable bonds is 6. The van der Waals surface area contributed by atoms with E-state index in [1.165, 1.54) is 0 Å². The van der Waals surface area contributed by atoms with Gasteiger partial charge in [0.15, 0.2) is 6.29 Å². The second-order valence-electron chi connectivity index (χ2n) is 6.34. The molecule has 0 aromatic rings. The number of nitriles is 1. The summed E-state index contributed by atoms with van der Waals surface area (Å²) in [5, 5.41) is 22.8. The summed E-state index contributed by atoms with van der Waals surface area (Å²) in [5.74, 6) is 0. The Kier molecular flexibility index (Phi) is 3.76. The van der Waals surface area contributed by atoms with E-state index < -0.39 is 11.5 Å². The maximum absolute atomic E-state index is 9.92. The van der Waals surface area contributed by atoms with E-state index in [4.69, 9.17) is 9.47 Å². The molecule has 0 bridgehead atoms. The zero-order valence-corrected chi connectivity index (χ0v) is 12.1. The molecule has 112 valence electrons. The lowest BCUT2D eigenvalue weighted by Gasteiger charge is -2.35. The van der Waals surface area contributed by atoms with Crippen molar-refractivity contribution in [3.8, 4) is 6.07 Å². The number of aliphatic hydroxyl groups is 1. The van der Waals surface area contributed by atoms with Gasteiger partial charge in [0, 0.05) is 6.61 Å². The van der Waals surface area contributed by atoms with Crippen molar-refractivity contribution in [1.82, 2.24) is 5.32 Å². The lowest BCUT2D eigenvalue weighted by atomic mass is 9.90. The van der Waals surface area contributed by atoms with E-state index in [1.54, 1.807) is 0 Å². The van der Waals surface area contributed by atoms with Crippen molar-refractivity contribution < 1.29 is 14.6 Å². The summed E-state index contributed by atoms with van der Waals surface area (Å²) in [5.41, 5.74) is -0.980. The Morgan fingerprint density at radius 2 is 2.25 bits per heavy atom. The van der Waals surface area contributed by atoms with E-state index in [0.29, 0.717) is 6.42 Å². The molecule has 3 fully saturated rings. The molecule has 1 aliphatic heterocycles. The largest absolute Gasteiger partial charge is 0.391 e. The fourth-order valence-electron chi connectivity index (χ4n) is 3.46. The normalized spacial score (nSPS) is 39.9. The highest BCUT2D eigenvalue weighted by Gasteiger charge is 2.69. The van der Waals surface area contributed by atoms with Crippen LogP contribution in [0, 0.1) is 16.7 Å². The molecule has 2 aliphatic carbocycles. The van der Waals surface area contributed by atoms with Crippen LogP contribution < -0.4 is 5.32 Å². The molecule has 2 N–H and O–H groups in total. The summed E-state index contributed by atoms with van der Waals surface area (Å²) in [6, 6.07) is 2.25. The van der Waals surface area contributed by atoms with Gasteiger partial charge in [0.25, 0.3) is 0 Å². The van der Waals surface area contributed by atoms with Gasteiger partial charge in [-0.2, -0.15) is 5.26 Å². The van der Waals surface area contributed by atoms with Gasteiger partial charge in [-0.15, -0.1) is 0 Å². The molecule has 0 aromatic heterocycles. The molecule has 3 aliphatic rings. The molecule has 0 radical (unpaired) electrons. The average Bonchev–Trinajstić information content (AvgIpc) is 3.36. The van der Waals surface area contributed by atoms with Gasteiger partial charge in [0.05, 0.1) is 23.8 Å². The highest BCUT2D eigenvalue weighted by Crippen LogP contribution is 2.58. The van der Waals surface area contributed by atoms with E-state index in [9.17, 15) is 10.4 Å². The Balaban J connectivity index is 1.72. The molecule has 0 spiro atoms. The van der Waals surface area contributed by atoms with Crippen LogP contribution in [0.2, 0.25) is 0 Å². The monoisotopic (exact) mass is 280 g/mol. The fourth-order valence-corrected chi connectivity index (χ4v) is 3.46. The Labute approximate surface area is 120 Å². The quantitative estimate of drug-likeness (QED) is 0.767. The average molecular weight is 280 g/mol. The van der Waals surface area contributed by atoms with Crippen LogP contribution in [0.3, 0.4) is 0 Å². The van der Waals surface area contributed by atoms with Gasteiger partial charge in [0.2, 0.25) is 0 Å². The zero-order valence-electron chi connectivity index (χ0n) is 12.1. The minimum Gasteiger partial charge on any atom is -0.391 e. The minimum absolute atomic E-state index is 0.0921. The number of aliphatic hydroxyl groups excluding tert-OH is 1. The number of hydrogen-bond acceptors (Lipinski definition) is 5. The molecular weight excluding hydrogens is 256 g/mol. The van der Waals surface area contributed by atoms with Gasteiger partial charge < -0.3 is 19.9 Å². The topological polar surface area (TPSA) is 74.5 Å². The van der Waals surface area contributed by atoms with Gasteiger partial charge in [-0.25, -0.2) is 0 Å². The van der Waals surface area contributed by atoms with Crippen LogP contribution in [-0.2, 0) is 9.47 Å². The van der Waals surface area contributed by atoms with Crippen molar-refractivity contribution in [3.63, 3.8) is 0 Å². The van der Waals surface area contributed by atoms with E-state index in [0.717, 1.165) is 45.3 Å². The summed E-state index contributed by atoms with van der Waals surface area (Å²) < 4.78 is 11.9. The van der Waals surface area contributed by atoms with Gasteiger partial charge in [-0.05, 0) is 45.1 Å². The Morgan fingerprint density at radius 3 is 2.70 bits per heavy atom. The number of likely N-dealkylation sites (N-methyl/N-ethyl adjacent to an activating group) is 1. The predicted octanol–water partition coefficient (Wildman–Crippen LogP) is 1.31. The molecule has 0 aromatic carbocycles. The molecule has 2 saturated carbocycles. The van der Waals surface area contributed by atoms with Gasteiger partial charge in [-0.1, -0.05) is 6.92 Å². The summed E-state index contributed by atoms with van der Waals surface area (Å²) in [6.07, 6.45) is 4.95. The van der Waals surface area contributed by atoms with Crippen molar-refractivity contribution in [2.24, 2.45) is 5.41 Å². The van der Waals surface area contributed by atoms with Crippen molar-refractivity contribution in [2.45, 2.75) is 69.5 Å². The molecule has 5 heteroatoms. The smallest absolute Gasteiger partial charge is 0.158 e. The molecule has 1 heterocycles. The number of nitrogens with zero attached hydrogens (tertiary/aromatic N) is 1. The second-order valence-corrected chi connectivity index (χ2v) is 6.34. The maximum atomic E-state index is 9.92. The van der Waals surface area contributed by atoms with Crippen molar-refractivity contribution in [3.05, 3.63) is 0 Å². The Bertz CT molecular complexity index is 398. The van der Waals surface area contributed by atoms with Gasteiger partial charge >= 0.3 is 0 Å². The summed E-state index contributed by atoms with van der Waals surface area (Å²) in [4.78, 5) is 0. The zero-order chi connectivity index (χ0) is 14.2. The fraction of sp³-hybridized carbons (Fsp3) is 0.933. The van der Waals surface area contributed by atoms with Gasteiger partial charge in [-0.3, -0.25) is 0 Å². The summed E-state index contributed by atoms with van der Waals surface area (Å²) in [6.45, 7) is 3.57. The first-order chi connectivity index (χ1) is 9.67. The third-order valence-corrected chi connectivity index (χ3v) is 4.87. The lowest BCUT2D eigenvalue weighted by Crippen LogP contribution is -2.52. The standard InChI is InChI=1S/C15H24N2O3/c1-2-17-13(14(10-16)9-11(14)18)15(6-7-15)20-12-5-3-4-8-19-12/h11-13,17-18H,2-9H2,1H3/t11?,12?,13?,14-/m1/s1. The van der Waals surface area contributed by atoms with E-state index in [-0.39, 0.29) is 17.9 Å². The van der Waals surface area contributed by atoms with Crippen LogP contribution in [0.5, 0.6) is 0 Å². The first-order valence-corrected chi connectivity index (χ1v) is 7.79. The number of ether oxygens (including phenoxy) is 2. The summed E-state index contributed by atoms with van der Waals surface area (Å²) >= 11 is 0. The van der Waals surface area contributed by atoms with Crippen LogP contribution in [-0.4, -0.2) is 42.3 Å². The molecule has 0 amide bonds. The highest BCUT2D eigenvalue weighted by atomic mass is 16.7. The lowest BCUT2D eigenvalue weighted by molar-refractivity contribution is -0.206. The Morgan fingerprint density at radius 1 is 1.50 bits per heavy atom. The molecule has 4 atom stereocenters. The van der Waals surface area contributed by atoms with E-state index in [1.807, 2.05) is 6.92 Å². The molecule has 3 rings (SSSR count). The Hall–Kier alpha value is -0.670. The number of hydrogen-bond donors (Lipinski definition) is 2. The summed E-state index contributed by atoms with van der Waals surface area (Å²) in [7, 11) is 0. The highest BCUT2D eigenvalue weighted by molar-refractivity contribution is 5.29. The van der Waals surface area contributed by atoms with Crippen LogP contribution in [0.15, 0.2) is 0 Å². The molecule has 20 heavy (non-hydrogen) atoms. The predicted molar refractivity (Wildman–Crippen MR) is 72.8 cm³/mol. The molecule has 5 nitrogen and oxygen atoms in total. The second kappa shape index (κ2) is 5.27. The SMILES string of the molecule is CCNC(C1(OC2CCCCO2)CC1)[C@@]1(C#N)CC1O. The third kappa shape index (κ3) is 2.35. The first-order valence-electron chi connectivity index (χ1n) is 7.79. The van der Waals surface area contributed by atoms with Crippen molar-refractivity contribution in [1.29, 1.82) is 5.26 Å². The molecular formula is C15H24N2O3. The first kappa shape index (κ1) is 14.3.